The molecule has 3 aromatic rings. The van der Waals surface area contributed by atoms with Gasteiger partial charge in [0, 0.05) is 34.6 Å². The first-order valence-corrected chi connectivity index (χ1v) is 13.2. The molecule has 4 rings (SSSR count). The number of fused-ring (bicyclic) bond motifs is 3. The molecule has 192 valence electrons. The van der Waals surface area contributed by atoms with Crippen LogP contribution in [0.15, 0.2) is 65.8 Å². The molecule has 0 bridgehead atoms. The van der Waals surface area contributed by atoms with Crippen LogP contribution in [0.1, 0.15) is 73.8 Å². The van der Waals surface area contributed by atoms with Crippen molar-refractivity contribution in [2.45, 2.75) is 58.3 Å². The number of halogens is 1. The average molecular weight is 519 g/mol. The SMILES string of the molecule is CCCC1(CCC)c2cc(C(=NOC(=O)CCCl)c3ccccc3C)ccc2-c2ccc([N+](=O)[O-])cc21. The maximum absolute atomic E-state index is 12.1. The van der Waals surface area contributed by atoms with Gasteiger partial charge in [0.25, 0.3) is 5.69 Å². The molecule has 7 heteroatoms. The van der Waals surface area contributed by atoms with Crippen LogP contribution < -0.4 is 0 Å². The van der Waals surface area contributed by atoms with Crippen LogP contribution in [0.5, 0.6) is 0 Å². The summed E-state index contributed by atoms with van der Waals surface area (Å²) in [7, 11) is 0. The lowest BCUT2D eigenvalue weighted by Gasteiger charge is -2.32. The molecular weight excluding hydrogens is 488 g/mol. The molecule has 0 aromatic heterocycles. The van der Waals surface area contributed by atoms with Gasteiger partial charge in [0.05, 0.1) is 11.3 Å². The van der Waals surface area contributed by atoms with Gasteiger partial charge in [-0.1, -0.05) is 68.2 Å². The van der Waals surface area contributed by atoms with E-state index >= 15 is 0 Å². The molecule has 0 atom stereocenters. The van der Waals surface area contributed by atoms with Crippen molar-refractivity contribution in [1.29, 1.82) is 0 Å². The minimum absolute atomic E-state index is 0.0699. The van der Waals surface area contributed by atoms with E-state index in [0.717, 1.165) is 64.6 Å². The third kappa shape index (κ3) is 5.03. The van der Waals surface area contributed by atoms with E-state index in [1.807, 2.05) is 43.3 Å². The standard InChI is InChI=1S/C30H31ClN2O4/c1-4-15-30(16-5-2)26-18-21(10-12-24(26)25-13-11-22(33(35)36)19-27(25)30)29(32-37-28(34)14-17-31)23-9-7-6-8-20(23)3/h6-13,18-19H,4-5,14-17H2,1-3H3. The number of alkyl halides is 1. The van der Waals surface area contributed by atoms with E-state index in [0.29, 0.717) is 5.71 Å². The highest BCUT2D eigenvalue weighted by atomic mass is 35.5. The van der Waals surface area contributed by atoms with Crippen LogP contribution in [0, 0.1) is 17.0 Å². The Bertz CT molecular complexity index is 1360. The number of hydrogen-bond donors (Lipinski definition) is 0. The second-order valence-corrected chi connectivity index (χ2v) is 9.86. The second kappa shape index (κ2) is 11.3. The minimum atomic E-state index is -0.492. The van der Waals surface area contributed by atoms with Crippen molar-refractivity contribution >= 4 is 29.0 Å². The zero-order chi connectivity index (χ0) is 26.6. The van der Waals surface area contributed by atoms with Crippen molar-refractivity contribution < 1.29 is 14.6 Å². The monoisotopic (exact) mass is 518 g/mol. The molecule has 37 heavy (non-hydrogen) atoms. The number of benzene rings is 3. The van der Waals surface area contributed by atoms with Gasteiger partial charge in [-0.3, -0.25) is 10.1 Å². The van der Waals surface area contributed by atoms with Crippen LogP contribution in [0.2, 0.25) is 0 Å². The van der Waals surface area contributed by atoms with Crippen LogP contribution in [-0.2, 0) is 15.0 Å². The van der Waals surface area contributed by atoms with Gasteiger partial charge in [0.15, 0.2) is 0 Å². The number of nitro groups is 1. The molecule has 0 saturated heterocycles. The first kappa shape index (κ1) is 26.6. The Morgan fingerprint density at radius 1 is 1.00 bits per heavy atom. The summed E-state index contributed by atoms with van der Waals surface area (Å²) in [5.74, 6) is -0.332. The van der Waals surface area contributed by atoms with Crippen LogP contribution in [0.4, 0.5) is 5.69 Å². The van der Waals surface area contributed by atoms with Crippen LogP contribution >= 0.6 is 11.6 Å². The molecular formula is C30H31ClN2O4. The van der Waals surface area contributed by atoms with E-state index in [9.17, 15) is 14.9 Å². The fraction of sp³-hybridized carbons (Fsp3) is 0.333. The predicted octanol–water partition coefficient (Wildman–Crippen LogP) is 7.69. The number of carbonyl (C=O) groups excluding carboxylic acids is 1. The molecule has 0 radical (unpaired) electrons. The fourth-order valence-corrected chi connectivity index (χ4v) is 5.73. The zero-order valence-corrected chi connectivity index (χ0v) is 22.2. The molecule has 0 heterocycles. The van der Waals surface area contributed by atoms with Gasteiger partial charge in [0.1, 0.15) is 5.71 Å². The molecule has 0 amide bonds. The summed E-state index contributed by atoms with van der Waals surface area (Å²) in [6.07, 6.45) is 3.67. The lowest BCUT2D eigenvalue weighted by molar-refractivity contribution is -0.384. The third-order valence-electron chi connectivity index (χ3n) is 7.12. The summed E-state index contributed by atoms with van der Waals surface area (Å²) in [4.78, 5) is 28.7. The van der Waals surface area contributed by atoms with Gasteiger partial charge < -0.3 is 4.84 Å². The Hall–Kier alpha value is -3.51. The maximum atomic E-state index is 12.1. The first-order chi connectivity index (χ1) is 17.9. The average Bonchev–Trinajstić information content (AvgIpc) is 3.14. The minimum Gasteiger partial charge on any atom is -0.318 e. The van der Waals surface area contributed by atoms with Crippen LogP contribution in [0.3, 0.4) is 0 Å². The number of carbonyl (C=O) groups is 1. The van der Waals surface area contributed by atoms with E-state index < -0.39 is 5.97 Å². The second-order valence-electron chi connectivity index (χ2n) is 9.49. The molecule has 6 nitrogen and oxygen atoms in total. The summed E-state index contributed by atoms with van der Waals surface area (Å²) in [5.41, 5.74) is 7.29. The fourth-order valence-electron chi connectivity index (χ4n) is 5.58. The van der Waals surface area contributed by atoms with Crippen molar-refractivity contribution in [1.82, 2.24) is 0 Å². The van der Waals surface area contributed by atoms with E-state index in [4.69, 9.17) is 16.4 Å². The molecule has 0 aliphatic heterocycles. The number of nitrogens with zero attached hydrogens (tertiary/aromatic N) is 2. The van der Waals surface area contributed by atoms with Gasteiger partial charge in [-0.25, -0.2) is 4.79 Å². The van der Waals surface area contributed by atoms with Crippen molar-refractivity contribution in [3.8, 4) is 11.1 Å². The van der Waals surface area contributed by atoms with Crippen molar-refractivity contribution in [3.63, 3.8) is 0 Å². The van der Waals surface area contributed by atoms with Crippen LogP contribution in [-0.4, -0.2) is 22.5 Å². The molecule has 0 fully saturated rings. The van der Waals surface area contributed by atoms with Gasteiger partial charge >= 0.3 is 5.97 Å². The topological polar surface area (TPSA) is 81.8 Å². The lowest BCUT2D eigenvalue weighted by Crippen LogP contribution is -2.25. The van der Waals surface area contributed by atoms with Crippen molar-refractivity contribution in [3.05, 3.63) is 98.6 Å². The van der Waals surface area contributed by atoms with E-state index in [2.05, 4.69) is 31.1 Å². The molecule has 1 aliphatic carbocycles. The number of rotatable bonds is 10. The van der Waals surface area contributed by atoms with Gasteiger partial charge in [-0.05, 0) is 59.7 Å². The number of aryl methyl sites for hydroxylation is 1. The van der Waals surface area contributed by atoms with Gasteiger partial charge in [-0.2, -0.15) is 0 Å². The zero-order valence-electron chi connectivity index (χ0n) is 21.4. The summed E-state index contributed by atoms with van der Waals surface area (Å²) in [5, 5.41) is 16.0. The van der Waals surface area contributed by atoms with Crippen molar-refractivity contribution in [2.24, 2.45) is 5.16 Å². The van der Waals surface area contributed by atoms with Gasteiger partial charge in [-0.15, -0.1) is 11.6 Å². The maximum Gasteiger partial charge on any atom is 0.336 e. The molecule has 0 N–H and O–H groups in total. The smallest absolute Gasteiger partial charge is 0.318 e. The predicted molar refractivity (Wildman–Crippen MR) is 147 cm³/mol. The molecule has 0 unspecified atom stereocenters. The van der Waals surface area contributed by atoms with E-state index in [1.165, 1.54) is 0 Å². The Morgan fingerprint density at radius 2 is 1.65 bits per heavy atom. The summed E-state index contributed by atoms with van der Waals surface area (Å²) >= 11 is 5.71. The largest absolute Gasteiger partial charge is 0.336 e. The quantitative estimate of drug-likeness (QED) is 0.0905. The Kier molecular flexibility index (Phi) is 8.08. The summed E-state index contributed by atoms with van der Waals surface area (Å²) in [6, 6.07) is 19.2. The van der Waals surface area contributed by atoms with Gasteiger partial charge in [0.2, 0.25) is 0 Å². The van der Waals surface area contributed by atoms with Crippen molar-refractivity contribution in [2.75, 3.05) is 5.88 Å². The van der Waals surface area contributed by atoms with E-state index in [1.54, 1.807) is 12.1 Å². The number of oxime groups is 1. The van der Waals surface area contributed by atoms with Crippen LogP contribution in [0.25, 0.3) is 11.1 Å². The Morgan fingerprint density at radius 3 is 2.27 bits per heavy atom. The Balaban J connectivity index is 1.93. The highest BCUT2D eigenvalue weighted by Crippen LogP contribution is 2.54. The molecule has 0 spiro atoms. The molecule has 0 saturated carbocycles. The normalized spacial score (nSPS) is 13.7. The number of nitro benzene ring substituents is 1. The summed E-state index contributed by atoms with van der Waals surface area (Å²) in [6.45, 7) is 6.28. The van der Waals surface area contributed by atoms with E-state index in [-0.39, 0.29) is 28.3 Å². The first-order valence-electron chi connectivity index (χ1n) is 12.7. The highest BCUT2D eigenvalue weighted by molar-refractivity contribution is 6.18. The molecule has 3 aromatic carbocycles. The number of hydrogen-bond acceptors (Lipinski definition) is 5. The third-order valence-corrected chi connectivity index (χ3v) is 7.31. The highest BCUT2D eigenvalue weighted by Gasteiger charge is 2.43. The lowest BCUT2D eigenvalue weighted by atomic mass is 9.71. The summed E-state index contributed by atoms with van der Waals surface area (Å²) < 4.78 is 0. The Labute approximate surface area is 222 Å². The number of non-ortho nitro benzene ring substituents is 1. The molecule has 1 aliphatic rings.